The van der Waals surface area contributed by atoms with Crippen LogP contribution >= 0.6 is 0 Å². The van der Waals surface area contributed by atoms with Crippen molar-refractivity contribution in [2.24, 2.45) is 5.73 Å². The first-order chi connectivity index (χ1) is 12.5. The Labute approximate surface area is 153 Å². The standard InChI is InChI=1S/C20H24N2O4/c1-3-4-11-26-17-10-9-15(12-18(17)25-2)20(24)22-16-8-6-5-7-14(16)13-19(21)23/h5-10,12H,3-4,11,13H2,1-2H3,(H2,21,23)(H,22,24). The van der Waals surface area contributed by atoms with E-state index in [1.165, 1.54) is 7.11 Å². The van der Waals surface area contributed by atoms with E-state index in [-0.39, 0.29) is 12.3 Å². The van der Waals surface area contributed by atoms with Gasteiger partial charge in [0.25, 0.3) is 5.91 Å². The van der Waals surface area contributed by atoms with Crippen LogP contribution in [0.4, 0.5) is 5.69 Å². The van der Waals surface area contributed by atoms with E-state index in [1.807, 2.05) is 0 Å². The zero-order valence-corrected chi connectivity index (χ0v) is 15.1. The molecule has 0 aliphatic heterocycles. The Kier molecular flexibility index (Phi) is 7.02. The van der Waals surface area contributed by atoms with Gasteiger partial charge in [0.05, 0.1) is 20.1 Å². The van der Waals surface area contributed by atoms with Crippen molar-refractivity contribution in [3.63, 3.8) is 0 Å². The Morgan fingerprint density at radius 3 is 2.58 bits per heavy atom. The number of benzene rings is 2. The largest absolute Gasteiger partial charge is 0.493 e. The number of carbonyl (C=O) groups excluding carboxylic acids is 2. The van der Waals surface area contributed by atoms with Gasteiger partial charge >= 0.3 is 0 Å². The van der Waals surface area contributed by atoms with E-state index in [0.29, 0.717) is 34.9 Å². The number of primary amides is 1. The summed E-state index contributed by atoms with van der Waals surface area (Å²) in [5.74, 6) is 0.341. The van der Waals surface area contributed by atoms with Crippen LogP contribution in [0.1, 0.15) is 35.7 Å². The third-order valence-corrected chi connectivity index (χ3v) is 3.81. The van der Waals surface area contributed by atoms with Crippen LogP contribution in [0.2, 0.25) is 0 Å². The van der Waals surface area contributed by atoms with Gasteiger partial charge in [0.2, 0.25) is 5.91 Å². The summed E-state index contributed by atoms with van der Waals surface area (Å²) in [6.07, 6.45) is 2.04. The van der Waals surface area contributed by atoms with Gasteiger partial charge in [0.15, 0.2) is 11.5 Å². The number of nitrogens with two attached hydrogens (primary N) is 1. The fraction of sp³-hybridized carbons (Fsp3) is 0.300. The number of para-hydroxylation sites is 1. The van der Waals surface area contributed by atoms with E-state index in [4.69, 9.17) is 15.2 Å². The van der Waals surface area contributed by atoms with Gasteiger partial charge in [-0.2, -0.15) is 0 Å². The second kappa shape index (κ2) is 9.46. The monoisotopic (exact) mass is 356 g/mol. The molecule has 138 valence electrons. The molecular weight excluding hydrogens is 332 g/mol. The van der Waals surface area contributed by atoms with Crippen LogP contribution in [0.25, 0.3) is 0 Å². The number of methoxy groups -OCH3 is 1. The van der Waals surface area contributed by atoms with Crippen LogP contribution in [0, 0.1) is 0 Å². The Morgan fingerprint density at radius 1 is 1.12 bits per heavy atom. The number of rotatable bonds is 9. The van der Waals surface area contributed by atoms with Crippen LogP contribution in [0.5, 0.6) is 11.5 Å². The number of nitrogens with one attached hydrogen (secondary N) is 1. The second-order valence-corrected chi connectivity index (χ2v) is 5.82. The highest BCUT2D eigenvalue weighted by molar-refractivity contribution is 6.05. The smallest absolute Gasteiger partial charge is 0.255 e. The van der Waals surface area contributed by atoms with Crippen LogP contribution in [-0.2, 0) is 11.2 Å². The molecule has 0 atom stereocenters. The lowest BCUT2D eigenvalue weighted by molar-refractivity contribution is -0.117. The predicted molar refractivity (Wildman–Crippen MR) is 101 cm³/mol. The summed E-state index contributed by atoms with van der Waals surface area (Å²) in [5.41, 5.74) is 6.91. The van der Waals surface area contributed by atoms with Gasteiger partial charge in [-0.3, -0.25) is 9.59 Å². The summed E-state index contributed by atoms with van der Waals surface area (Å²) in [5, 5.41) is 2.81. The normalized spacial score (nSPS) is 10.2. The first kappa shape index (κ1) is 19.3. The minimum atomic E-state index is -0.457. The molecule has 0 bridgehead atoms. The fourth-order valence-corrected chi connectivity index (χ4v) is 2.43. The van der Waals surface area contributed by atoms with E-state index >= 15 is 0 Å². The SMILES string of the molecule is CCCCOc1ccc(C(=O)Nc2ccccc2CC(N)=O)cc1OC. The average molecular weight is 356 g/mol. The third kappa shape index (κ3) is 5.24. The van der Waals surface area contributed by atoms with Crippen molar-refractivity contribution < 1.29 is 19.1 Å². The molecular formula is C20H24N2O4. The third-order valence-electron chi connectivity index (χ3n) is 3.81. The molecule has 6 heteroatoms. The van der Waals surface area contributed by atoms with Crippen LogP contribution in [0.3, 0.4) is 0 Å². The maximum Gasteiger partial charge on any atom is 0.255 e. The molecule has 0 saturated carbocycles. The highest BCUT2D eigenvalue weighted by Crippen LogP contribution is 2.29. The van der Waals surface area contributed by atoms with Crippen LogP contribution < -0.4 is 20.5 Å². The molecule has 2 rings (SSSR count). The van der Waals surface area contributed by atoms with Crippen molar-refractivity contribution in [3.8, 4) is 11.5 Å². The highest BCUT2D eigenvalue weighted by atomic mass is 16.5. The molecule has 0 unspecified atom stereocenters. The molecule has 0 radical (unpaired) electrons. The van der Waals surface area contributed by atoms with Crippen molar-refractivity contribution in [1.29, 1.82) is 0 Å². The predicted octanol–water partition coefficient (Wildman–Crippen LogP) is 3.15. The number of hydrogen-bond donors (Lipinski definition) is 2. The van der Waals surface area contributed by atoms with Crippen molar-refractivity contribution in [2.75, 3.05) is 19.0 Å². The Morgan fingerprint density at radius 2 is 1.88 bits per heavy atom. The molecule has 0 fully saturated rings. The lowest BCUT2D eigenvalue weighted by atomic mass is 10.1. The molecule has 0 aromatic heterocycles. The Hall–Kier alpha value is -3.02. The lowest BCUT2D eigenvalue weighted by Gasteiger charge is -2.13. The lowest BCUT2D eigenvalue weighted by Crippen LogP contribution is -2.17. The molecule has 2 amide bonds. The van der Waals surface area contributed by atoms with Gasteiger partial charge in [-0.05, 0) is 36.2 Å². The maximum atomic E-state index is 12.6. The van der Waals surface area contributed by atoms with E-state index in [2.05, 4.69) is 12.2 Å². The van der Waals surface area contributed by atoms with Gasteiger partial charge < -0.3 is 20.5 Å². The van der Waals surface area contributed by atoms with E-state index in [1.54, 1.807) is 42.5 Å². The number of unbranched alkanes of at least 4 members (excludes halogenated alkanes) is 1. The topological polar surface area (TPSA) is 90.6 Å². The Bertz CT molecular complexity index is 774. The molecule has 0 heterocycles. The average Bonchev–Trinajstić information content (AvgIpc) is 2.63. The number of ether oxygens (including phenoxy) is 2. The second-order valence-electron chi connectivity index (χ2n) is 5.82. The summed E-state index contributed by atoms with van der Waals surface area (Å²) in [6, 6.07) is 12.1. The molecule has 2 aromatic carbocycles. The zero-order chi connectivity index (χ0) is 18.9. The first-order valence-electron chi connectivity index (χ1n) is 8.53. The number of amides is 2. The van der Waals surface area contributed by atoms with Gasteiger partial charge in [-0.25, -0.2) is 0 Å². The quantitative estimate of drug-likeness (QED) is 0.675. The Balaban J connectivity index is 2.16. The summed E-state index contributed by atoms with van der Waals surface area (Å²) >= 11 is 0. The van der Waals surface area contributed by atoms with Crippen molar-refractivity contribution in [2.45, 2.75) is 26.2 Å². The van der Waals surface area contributed by atoms with E-state index in [0.717, 1.165) is 12.8 Å². The fourth-order valence-electron chi connectivity index (χ4n) is 2.43. The molecule has 0 spiro atoms. The van der Waals surface area contributed by atoms with Crippen molar-refractivity contribution in [1.82, 2.24) is 0 Å². The number of carbonyl (C=O) groups is 2. The zero-order valence-electron chi connectivity index (χ0n) is 15.1. The van der Waals surface area contributed by atoms with Gasteiger partial charge in [-0.1, -0.05) is 31.5 Å². The summed E-state index contributed by atoms with van der Waals surface area (Å²) < 4.78 is 11.0. The summed E-state index contributed by atoms with van der Waals surface area (Å²) in [6.45, 7) is 2.68. The van der Waals surface area contributed by atoms with E-state index in [9.17, 15) is 9.59 Å². The molecule has 2 aromatic rings. The van der Waals surface area contributed by atoms with Gasteiger partial charge in [0.1, 0.15) is 0 Å². The van der Waals surface area contributed by atoms with Crippen LogP contribution in [0.15, 0.2) is 42.5 Å². The van der Waals surface area contributed by atoms with Crippen molar-refractivity contribution in [3.05, 3.63) is 53.6 Å². The number of anilines is 1. The minimum Gasteiger partial charge on any atom is -0.493 e. The summed E-state index contributed by atoms with van der Waals surface area (Å²) in [4.78, 5) is 23.8. The van der Waals surface area contributed by atoms with Crippen LogP contribution in [-0.4, -0.2) is 25.5 Å². The van der Waals surface area contributed by atoms with Crippen molar-refractivity contribution >= 4 is 17.5 Å². The highest BCUT2D eigenvalue weighted by Gasteiger charge is 2.13. The molecule has 3 N–H and O–H groups in total. The van der Waals surface area contributed by atoms with Gasteiger partial charge in [0, 0.05) is 11.3 Å². The molecule has 26 heavy (non-hydrogen) atoms. The molecule has 0 aliphatic rings. The summed E-state index contributed by atoms with van der Waals surface area (Å²) in [7, 11) is 1.53. The van der Waals surface area contributed by atoms with E-state index < -0.39 is 5.91 Å². The molecule has 0 saturated heterocycles. The molecule has 6 nitrogen and oxygen atoms in total. The molecule has 0 aliphatic carbocycles. The van der Waals surface area contributed by atoms with Gasteiger partial charge in [-0.15, -0.1) is 0 Å². The minimum absolute atomic E-state index is 0.0595. The maximum absolute atomic E-state index is 12.6. The number of hydrogen-bond acceptors (Lipinski definition) is 4. The first-order valence-corrected chi connectivity index (χ1v) is 8.53.